The number of rotatable bonds is 7. The number of nitrogens with one attached hydrogen (secondary N) is 1. The molecule has 1 atom stereocenters. The van der Waals surface area contributed by atoms with E-state index in [4.69, 9.17) is 9.88 Å². The van der Waals surface area contributed by atoms with Crippen molar-refractivity contribution in [1.29, 1.82) is 0 Å². The van der Waals surface area contributed by atoms with Crippen LogP contribution in [0.1, 0.15) is 6.92 Å². The van der Waals surface area contributed by atoms with Crippen molar-refractivity contribution >= 4 is 40.1 Å². The number of nitrogens with zero attached hydrogens (tertiary/aromatic N) is 1. The molecule has 7 nitrogen and oxygen atoms in total. The Morgan fingerprint density at radius 3 is 2.68 bits per heavy atom. The van der Waals surface area contributed by atoms with Gasteiger partial charge in [-0.05, 0) is 31.2 Å². The summed E-state index contributed by atoms with van der Waals surface area (Å²) in [6, 6.07) is 6.19. The second-order valence-electron chi connectivity index (χ2n) is 5.56. The number of hydrogen-bond donors (Lipinski definition) is 2. The highest BCUT2D eigenvalue weighted by atomic mass is 35.5. The molecule has 0 aromatic heterocycles. The van der Waals surface area contributed by atoms with Crippen molar-refractivity contribution in [3.63, 3.8) is 0 Å². The number of halogens is 1. The quantitative estimate of drug-likeness (QED) is 0.642. The number of primary sulfonamides is 1. The van der Waals surface area contributed by atoms with Gasteiger partial charge in [0.2, 0.25) is 15.9 Å². The fraction of sp³-hybridized carbons (Fsp3) is 0.533. The van der Waals surface area contributed by atoms with Gasteiger partial charge in [0.05, 0.1) is 17.3 Å². The number of hydrogen-bond acceptors (Lipinski definition) is 6. The van der Waals surface area contributed by atoms with E-state index in [0.717, 1.165) is 19.6 Å². The first-order valence-corrected chi connectivity index (χ1v) is 10.4. The van der Waals surface area contributed by atoms with Crippen LogP contribution >= 0.6 is 24.2 Å². The zero-order valence-electron chi connectivity index (χ0n) is 14.0. The van der Waals surface area contributed by atoms with E-state index in [1.54, 1.807) is 12.1 Å². The summed E-state index contributed by atoms with van der Waals surface area (Å²) in [7, 11) is -3.68. The van der Waals surface area contributed by atoms with E-state index in [2.05, 4.69) is 5.32 Å². The van der Waals surface area contributed by atoms with Gasteiger partial charge in [-0.25, -0.2) is 13.6 Å². The maximum atomic E-state index is 12.1. The summed E-state index contributed by atoms with van der Waals surface area (Å²) in [6.45, 7) is 4.94. The first-order chi connectivity index (χ1) is 11.4. The molecule has 0 spiro atoms. The largest absolute Gasteiger partial charge is 0.493 e. The van der Waals surface area contributed by atoms with Crippen LogP contribution in [0.5, 0.6) is 5.75 Å². The molecule has 10 heteroatoms. The monoisotopic (exact) mass is 409 g/mol. The molecular formula is C15H24ClN3O4S2. The maximum Gasteiger partial charge on any atom is 0.238 e. The highest BCUT2D eigenvalue weighted by molar-refractivity contribution is 7.99. The molecule has 0 unspecified atom stereocenters. The Labute approximate surface area is 159 Å². The molecule has 1 aliphatic rings. The minimum absolute atomic E-state index is 0. The van der Waals surface area contributed by atoms with E-state index in [0.29, 0.717) is 23.9 Å². The number of sulfonamides is 1. The topological polar surface area (TPSA) is 102 Å². The van der Waals surface area contributed by atoms with Crippen molar-refractivity contribution in [3.8, 4) is 5.75 Å². The zero-order valence-corrected chi connectivity index (χ0v) is 16.5. The average molecular weight is 410 g/mol. The minimum atomic E-state index is -3.68. The van der Waals surface area contributed by atoms with E-state index in [1.807, 2.05) is 11.8 Å². The fourth-order valence-corrected chi connectivity index (χ4v) is 3.60. The Kier molecular flexibility index (Phi) is 9.01. The molecule has 1 aromatic carbocycles. The molecule has 1 amide bonds. The maximum absolute atomic E-state index is 12.1. The van der Waals surface area contributed by atoms with Crippen molar-refractivity contribution in [1.82, 2.24) is 10.2 Å². The van der Waals surface area contributed by atoms with Crippen LogP contribution in [0.2, 0.25) is 0 Å². The SMILES string of the molecule is C[C@@H]1CNCCN1C(=O)CSCCOc1ccc(S(N)(=O)=O)cc1.Cl. The number of thioether (sulfide) groups is 1. The molecule has 2 rings (SSSR count). The van der Waals surface area contributed by atoms with Gasteiger partial charge in [-0.2, -0.15) is 0 Å². The van der Waals surface area contributed by atoms with Gasteiger partial charge in [0.25, 0.3) is 0 Å². The highest BCUT2D eigenvalue weighted by Crippen LogP contribution is 2.15. The summed E-state index contributed by atoms with van der Waals surface area (Å²) >= 11 is 1.53. The molecule has 1 aliphatic heterocycles. The highest BCUT2D eigenvalue weighted by Gasteiger charge is 2.22. The zero-order chi connectivity index (χ0) is 17.6. The number of carbonyl (C=O) groups excluding carboxylic acids is 1. The van der Waals surface area contributed by atoms with Crippen LogP contribution in [0.25, 0.3) is 0 Å². The van der Waals surface area contributed by atoms with Gasteiger partial charge in [0.1, 0.15) is 5.75 Å². The number of amides is 1. The standard InChI is InChI=1S/C15H23N3O4S2.ClH/c1-12-10-17-6-7-18(12)15(19)11-23-9-8-22-13-2-4-14(5-3-13)24(16,20)21;/h2-5,12,17H,6-11H2,1H3,(H2,16,20,21);1H/t12-;/m1./s1. The summed E-state index contributed by atoms with van der Waals surface area (Å²) < 4.78 is 27.8. The van der Waals surface area contributed by atoms with Crippen LogP contribution in [0.3, 0.4) is 0 Å². The minimum Gasteiger partial charge on any atom is -0.493 e. The number of carbonyl (C=O) groups is 1. The van der Waals surface area contributed by atoms with Gasteiger partial charge >= 0.3 is 0 Å². The van der Waals surface area contributed by atoms with Crippen LogP contribution in [-0.4, -0.2) is 63.0 Å². The molecule has 1 heterocycles. The predicted molar refractivity (Wildman–Crippen MR) is 102 cm³/mol. The van der Waals surface area contributed by atoms with E-state index < -0.39 is 10.0 Å². The lowest BCUT2D eigenvalue weighted by Gasteiger charge is -2.33. The van der Waals surface area contributed by atoms with Crippen molar-refractivity contribution in [2.75, 3.05) is 37.7 Å². The Bertz CT molecular complexity index is 655. The van der Waals surface area contributed by atoms with Crippen molar-refractivity contribution in [2.24, 2.45) is 5.14 Å². The number of piperazine rings is 1. The Morgan fingerprint density at radius 1 is 1.40 bits per heavy atom. The van der Waals surface area contributed by atoms with Crippen LogP contribution in [-0.2, 0) is 14.8 Å². The summed E-state index contributed by atoms with van der Waals surface area (Å²) in [5, 5.41) is 8.30. The van der Waals surface area contributed by atoms with E-state index >= 15 is 0 Å². The van der Waals surface area contributed by atoms with Crippen LogP contribution in [0.4, 0.5) is 0 Å². The summed E-state index contributed by atoms with van der Waals surface area (Å²) in [4.78, 5) is 14.1. The van der Waals surface area contributed by atoms with Crippen LogP contribution < -0.4 is 15.2 Å². The lowest BCUT2D eigenvalue weighted by molar-refractivity contribution is -0.131. The smallest absolute Gasteiger partial charge is 0.238 e. The lowest BCUT2D eigenvalue weighted by atomic mass is 10.2. The van der Waals surface area contributed by atoms with Crippen LogP contribution in [0.15, 0.2) is 29.2 Å². The Balaban J connectivity index is 0.00000312. The molecular weight excluding hydrogens is 386 g/mol. The lowest BCUT2D eigenvalue weighted by Crippen LogP contribution is -2.52. The van der Waals surface area contributed by atoms with Gasteiger partial charge in [-0.1, -0.05) is 0 Å². The Morgan fingerprint density at radius 2 is 2.08 bits per heavy atom. The van der Waals surface area contributed by atoms with Crippen molar-refractivity contribution in [3.05, 3.63) is 24.3 Å². The third kappa shape index (κ3) is 7.02. The number of nitrogens with two attached hydrogens (primary N) is 1. The summed E-state index contributed by atoms with van der Waals surface area (Å²) in [5.41, 5.74) is 0. The molecule has 1 aromatic rings. The van der Waals surface area contributed by atoms with Gasteiger partial charge in [0.15, 0.2) is 0 Å². The molecule has 3 N–H and O–H groups in total. The normalized spacial score (nSPS) is 17.7. The number of ether oxygens (including phenoxy) is 1. The third-order valence-corrected chi connectivity index (χ3v) is 5.53. The second-order valence-corrected chi connectivity index (χ2v) is 8.22. The average Bonchev–Trinajstić information content (AvgIpc) is 2.54. The van der Waals surface area contributed by atoms with Crippen LogP contribution in [0, 0.1) is 0 Å². The molecule has 0 radical (unpaired) electrons. The summed E-state index contributed by atoms with van der Waals surface area (Å²) in [5.74, 6) is 1.86. The van der Waals surface area contributed by atoms with E-state index in [1.165, 1.54) is 23.9 Å². The molecule has 142 valence electrons. The first kappa shape index (κ1) is 22.0. The van der Waals surface area contributed by atoms with Gasteiger partial charge in [0, 0.05) is 31.4 Å². The van der Waals surface area contributed by atoms with Crippen molar-refractivity contribution in [2.45, 2.75) is 17.9 Å². The Hall–Kier alpha value is -1.00. The molecule has 1 saturated heterocycles. The van der Waals surface area contributed by atoms with E-state index in [-0.39, 0.29) is 29.3 Å². The van der Waals surface area contributed by atoms with Gasteiger partial charge in [-0.15, -0.1) is 24.2 Å². The van der Waals surface area contributed by atoms with Crippen molar-refractivity contribution < 1.29 is 17.9 Å². The molecule has 25 heavy (non-hydrogen) atoms. The summed E-state index contributed by atoms with van der Waals surface area (Å²) in [6.07, 6.45) is 0. The molecule has 0 aliphatic carbocycles. The molecule has 0 saturated carbocycles. The third-order valence-electron chi connectivity index (χ3n) is 3.70. The second kappa shape index (κ2) is 10.2. The number of benzene rings is 1. The molecule has 0 bridgehead atoms. The fourth-order valence-electron chi connectivity index (χ4n) is 2.40. The van der Waals surface area contributed by atoms with Gasteiger partial charge in [-0.3, -0.25) is 4.79 Å². The predicted octanol–water partition coefficient (Wildman–Crippen LogP) is 0.688. The molecule has 1 fully saturated rings. The van der Waals surface area contributed by atoms with E-state index in [9.17, 15) is 13.2 Å². The van der Waals surface area contributed by atoms with Gasteiger partial charge < -0.3 is 15.0 Å². The first-order valence-electron chi connectivity index (χ1n) is 7.71.